The third-order valence-corrected chi connectivity index (χ3v) is 3.83. The molecule has 2 heteroatoms. The van der Waals surface area contributed by atoms with Crippen LogP contribution in [0.15, 0.2) is 24.3 Å². The first-order chi connectivity index (χ1) is 8.74. The molecule has 2 atom stereocenters. The van der Waals surface area contributed by atoms with Crippen molar-refractivity contribution in [1.82, 2.24) is 0 Å². The number of rotatable bonds is 5. The summed E-state index contributed by atoms with van der Waals surface area (Å²) in [4.78, 5) is 1.77. The zero-order valence-corrected chi connectivity index (χ0v) is 11.7. The third-order valence-electron chi connectivity index (χ3n) is 3.83. The van der Waals surface area contributed by atoms with Gasteiger partial charge in [0.1, 0.15) is 5.75 Å². The fraction of sp³-hybridized carbons (Fsp3) is 0.625. The largest absolute Gasteiger partial charge is 0.493 e. The highest BCUT2D eigenvalue weighted by molar-refractivity contribution is 5.26. The van der Waals surface area contributed by atoms with Crippen molar-refractivity contribution in [3.05, 3.63) is 29.8 Å². The van der Waals surface area contributed by atoms with E-state index in [-0.39, 0.29) is 0 Å². The third kappa shape index (κ3) is 4.34. The van der Waals surface area contributed by atoms with Gasteiger partial charge in [-0.15, -0.1) is 0 Å². The molecule has 0 aromatic heterocycles. The SMILES string of the molecule is Cc1ccc(OCCC[NH+]2CCC[C@@H](C)C2)cc1. The molecule has 0 spiro atoms. The average Bonchev–Trinajstić information content (AvgIpc) is 2.37. The Bertz CT molecular complexity index is 347. The lowest BCUT2D eigenvalue weighted by Crippen LogP contribution is -3.13. The second kappa shape index (κ2) is 6.79. The van der Waals surface area contributed by atoms with Crippen LogP contribution in [0.25, 0.3) is 0 Å². The van der Waals surface area contributed by atoms with Crippen molar-refractivity contribution < 1.29 is 9.64 Å². The smallest absolute Gasteiger partial charge is 0.119 e. The summed E-state index contributed by atoms with van der Waals surface area (Å²) in [5.74, 6) is 1.91. The summed E-state index contributed by atoms with van der Waals surface area (Å²) in [7, 11) is 0. The maximum Gasteiger partial charge on any atom is 0.119 e. The van der Waals surface area contributed by atoms with Crippen LogP contribution in [-0.2, 0) is 0 Å². The van der Waals surface area contributed by atoms with Gasteiger partial charge in [-0.25, -0.2) is 0 Å². The van der Waals surface area contributed by atoms with Crippen LogP contribution in [0.4, 0.5) is 0 Å². The Kier molecular flexibility index (Phi) is 5.06. The Morgan fingerprint density at radius 1 is 1.28 bits per heavy atom. The molecule has 0 aliphatic carbocycles. The minimum absolute atomic E-state index is 0.848. The Hall–Kier alpha value is -1.02. The number of hydrogen-bond donors (Lipinski definition) is 1. The first-order valence-electron chi connectivity index (χ1n) is 7.27. The summed E-state index contributed by atoms with van der Waals surface area (Å²) in [5.41, 5.74) is 1.29. The molecule has 1 aliphatic rings. The Morgan fingerprint density at radius 2 is 2.06 bits per heavy atom. The van der Waals surface area contributed by atoms with Gasteiger partial charge in [-0.1, -0.05) is 24.6 Å². The molecule has 1 N–H and O–H groups in total. The van der Waals surface area contributed by atoms with Crippen molar-refractivity contribution in [3.8, 4) is 5.75 Å². The van der Waals surface area contributed by atoms with Crippen LogP contribution in [0.5, 0.6) is 5.75 Å². The minimum atomic E-state index is 0.848. The highest BCUT2D eigenvalue weighted by Gasteiger charge is 2.18. The first-order valence-corrected chi connectivity index (χ1v) is 7.27. The van der Waals surface area contributed by atoms with E-state index in [1.165, 1.54) is 38.0 Å². The molecule has 2 rings (SSSR count). The van der Waals surface area contributed by atoms with Crippen molar-refractivity contribution >= 4 is 0 Å². The van der Waals surface area contributed by atoms with E-state index in [0.717, 1.165) is 24.7 Å². The molecule has 1 heterocycles. The summed E-state index contributed by atoms with van der Waals surface area (Å²) in [5, 5.41) is 0. The number of piperidine rings is 1. The highest BCUT2D eigenvalue weighted by Crippen LogP contribution is 2.11. The fourth-order valence-electron chi connectivity index (χ4n) is 2.77. The summed E-state index contributed by atoms with van der Waals surface area (Å²) < 4.78 is 5.77. The molecule has 18 heavy (non-hydrogen) atoms. The second-order valence-corrected chi connectivity index (χ2v) is 5.72. The fourth-order valence-corrected chi connectivity index (χ4v) is 2.77. The van der Waals surface area contributed by atoms with Crippen LogP contribution < -0.4 is 9.64 Å². The molecule has 1 unspecified atom stereocenters. The number of likely N-dealkylation sites (tertiary alicyclic amines) is 1. The number of quaternary nitrogens is 1. The van der Waals surface area contributed by atoms with Gasteiger partial charge in [0.15, 0.2) is 0 Å². The van der Waals surface area contributed by atoms with E-state index in [1.807, 2.05) is 0 Å². The van der Waals surface area contributed by atoms with Crippen LogP contribution in [-0.4, -0.2) is 26.2 Å². The number of hydrogen-bond acceptors (Lipinski definition) is 1. The number of nitrogens with one attached hydrogen (secondary N) is 1. The van der Waals surface area contributed by atoms with Gasteiger partial charge in [-0.3, -0.25) is 0 Å². The van der Waals surface area contributed by atoms with Gasteiger partial charge >= 0.3 is 0 Å². The summed E-state index contributed by atoms with van der Waals surface area (Å²) in [6, 6.07) is 8.33. The normalized spacial score (nSPS) is 23.9. The lowest BCUT2D eigenvalue weighted by Gasteiger charge is -2.27. The molecule has 1 aromatic carbocycles. The van der Waals surface area contributed by atoms with Gasteiger partial charge in [0.05, 0.1) is 26.2 Å². The molecule has 2 nitrogen and oxygen atoms in total. The molecule has 0 bridgehead atoms. The maximum atomic E-state index is 5.77. The van der Waals surface area contributed by atoms with Crippen LogP contribution in [0.3, 0.4) is 0 Å². The van der Waals surface area contributed by atoms with Gasteiger partial charge in [0, 0.05) is 12.3 Å². The van der Waals surface area contributed by atoms with E-state index < -0.39 is 0 Å². The lowest BCUT2D eigenvalue weighted by molar-refractivity contribution is -0.908. The van der Waals surface area contributed by atoms with Crippen LogP contribution in [0.2, 0.25) is 0 Å². The van der Waals surface area contributed by atoms with Gasteiger partial charge < -0.3 is 9.64 Å². The van der Waals surface area contributed by atoms with Gasteiger partial charge in [0.25, 0.3) is 0 Å². The minimum Gasteiger partial charge on any atom is -0.493 e. The van der Waals surface area contributed by atoms with Crippen molar-refractivity contribution in [3.63, 3.8) is 0 Å². The zero-order chi connectivity index (χ0) is 12.8. The number of aryl methyl sites for hydroxylation is 1. The molecule has 1 fully saturated rings. The van der Waals surface area contributed by atoms with Crippen LogP contribution in [0.1, 0.15) is 31.7 Å². The summed E-state index contributed by atoms with van der Waals surface area (Å²) >= 11 is 0. The molecule has 1 aliphatic heterocycles. The van der Waals surface area contributed by atoms with E-state index in [0.29, 0.717) is 0 Å². The van der Waals surface area contributed by atoms with E-state index in [4.69, 9.17) is 4.74 Å². The van der Waals surface area contributed by atoms with Crippen molar-refractivity contribution in [2.75, 3.05) is 26.2 Å². The van der Waals surface area contributed by atoms with E-state index in [1.54, 1.807) is 4.90 Å². The predicted molar refractivity (Wildman–Crippen MR) is 75.3 cm³/mol. The lowest BCUT2D eigenvalue weighted by atomic mass is 10.0. The molecule has 1 aromatic rings. The van der Waals surface area contributed by atoms with Crippen molar-refractivity contribution in [2.45, 2.75) is 33.1 Å². The van der Waals surface area contributed by atoms with Crippen LogP contribution >= 0.6 is 0 Å². The summed E-state index contributed by atoms with van der Waals surface area (Å²) in [6.07, 6.45) is 3.98. The highest BCUT2D eigenvalue weighted by atomic mass is 16.5. The van der Waals surface area contributed by atoms with E-state index in [2.05, 4.69) is 38.1 Å². The van der Waals surface area contributed by atoms with Gasteiger partial charge in [0.2, 0.25) is 0 Å². The Balaban J connectivity index is 1.62. The maximum absolute atomic E-state index is 5.77. The van der Waals surface area contributed by atoms with Gasteiger partial charge in [-0.2, -0.15) is 0 Å². The quantitative estimate of drug-likeness (QED) is 0.788. The second-order valence-electron chi connectivity index (χ2n) is 5.72. The van der Waals surface area contributed by atoms with E-state index in [9.17, 15) is 0 Å². The standard InChI is InChI=1S/C16H25NO/c1-14-6-8-16(9-7-14)18-12-4-11-17-10-3-5-15(2)13-17/h6-9,15H,3-5,10-13H2,1-2H3/p+1/t15-/m1/s1. The molecule has 0 amide bonds. The molecule has 100 valence electrons. The van der Waals surface area contributed by atoms with Crippen molar-refractivity contribution in [2.24, 2.45) is 5.92 Å². The molecule has 1 saturated heterocycles. The van der Waals surface area contributed by atoms with Gasteiger partial charge in [-0.05, 0) is 31.9 Å². The molecular formula is C16H26NO+. The number of benzene rings is 1. The predicted octanol–water partition coefficient (Wildman–Crippen LogP) is 2.08. The monoisotopic (exact) mass is 248 g/mol. The average molecular weight is 248 g/mol. The molecular weight excluding hydrogens is 222 g/mol. The Labute approximate surface area is 111 Å². The Morgan fingerprint density at radius 3 is 2.78 bits per heavy atom. The van der Waals surface area contributed by atoms with Crippen molar-refractivity contribution in [1.29, 1.82) is 0 Å². The first kappa shape index (κ1) is 13.4. The van der Waals surface area contributed by atoms with Crippen LogP contribution in [0, 0.1) is 12.8 Å². The topological polar surface area (TPSA) is 13.7 Å². The zero-order valence-electron chi connectivity index (χ0n) is 11.7. The molecule has 0 saturated carbocycles. The summed E-state index contributed by atoms with van der Waals surface area (Å²) in [6.45, 7) is 9.29. The van der Waals surface area contributed by atoms with E-state index >= 15 is 0 Å². The molecule has 0 radical (unpaired) electrons. The number of ether oxygens (including phenoxy) is 1.